The molecular formula is C14H20BrNO2. The first-order valence-electron chi connectivity index (χ1n) is 6.38. The summed E-state index contributed by atoms with van der Waals surface area (Å²) in [6.07, 6.45) is 1.36. The smallest absolute Gasteiger partial charge is 0.0866 e. The lowest BCUT2D eigenvalue weighted by molar-refractivity contribution is 0.0898. The van der Waals surface area contributed by atoms with Crippen molar-refractivity contribution in [1.82, 2.24) is 5.32 Å². The molecule has 4 heteroatoms. The molecular weight excluding hydrogens is 294 g/mol. The van der Waals surface area contributed by atoms with E-state index >= 15 is 0 Å². The minimum atomic E-state index is 0.230. The van der Waals surface area contributed by atoms with Crippen molar-refractivity contribution < 1.29 is 9.47 Å². The minimum Gasteiger partial charge on any atom is -0.383 e. The monoisotopic (exact) mass is 313 g/mol. The second kappa shape index (κ2) is 7.24. The third kappa shape index (κ3) is 3.79. The van der Waals surface area contributed by atoms with Gasteiger partial charge in [0, 0.05) is 37.2 Å². The van der Waals surface area contributed by atoms with Crippen molar-refractivity contribution in [2.75, 3.05) is 33.4 Å². The highest BCUT2D eigenvalue weighted by Gasteiger charge is 2.29. The number of halogens is 1. The van der Waals surface area contributed by atoms with Crippen molar-refractivity contribution in [3.05, 3.63) is 34.3 Å². The minimum absolute atomic E-state index is 0.230. The van der Waals surface area contributed by atoms with Crippen molar-refractivity contribution in [3.8, 4) is 0 Å². The summed E-state index contributed by atoms with van der Waals surface area (Å²) in [5.74, 6) is 0.558. The highest BCUT2D eigenvalue weighted by molar-refractivity contribution is 9.10. The Morgan fingerprint density at radius 2 is 2.17 bits per heavy atom. The molecule has 2 rings (SSSR count). The zero-order valence-electron chi connectivity index (χ0n) is 10.7. The van der Waals surface area contributed by atoms with Gasteiger partial charge in [-0.1, -0.05) is 28.1 Å². The standard InChI is InChI=1S/C14H20BrNO2/c1-17-9-7-16-10-12-6-8-18-14(12)11-2-4-13(15)5-3-11/h2-5,12,14,16H,6-10H2,1H3. The van der Waals surface area contributed by atoms with E-state index in [0.717, 1.165) is 37.2 Å². The topological polar surface area (TPSA) is 30.5 Å². The van der Waals surface area contributed by atoms with E-state index in [2.05, 4.69) is 45.5 Å². The van der Waals surface area contributed by atoms with Gasteiger partial charge in [0.1, 0.15) is 0 Å². The number of rotatable bonds is 6. The molecule has 2 unspecified atom stereocenters. The number of methoxy groups -OCH3 is 1. The number of hydrogen-bond donors (Lipinski definition) is 1. The molecule has 18 heavy (non-hydrogen) atoms. The van der Waals surface area contributed by atoms with Gasteiger partial charge in [-0.25, -0.2) is 0 Å². The largest absolute Gasteiger partial charge is 0.383 e. The molecule has 1 fully saturated rings. The van der Waals surface area contributed by atoms with Gasteiger partial charge in [0.2, 0.25) is 0 Å². The molecule has 1 aromatic carbocycles. The summed E-state index contributed by atoms with van der Waals surface area (Å²) < 4.78 is 12.0. The van der Waals surface area contributed by atoms with Crippen LogP contribution in [0, 0.1) is 5.92 Å². The SMILES string of the molecule is COCCNCC1CCOC1c1ccc(Br)cc1. The molecule has 0 aromatic heterocycles. The average molecular weight is 314 g/mol. The first-order chi connectivity index (χ1) is 8.81. The van der Waals surface area contributed by atoms with Gasteiger partial charge in [0.05, 0.1) is 12.7 Å². The normalized spacial score (nSPS) is 23.4. The van der Waals surface area contributed by atoms with Crippen LogP contribution in [0.1, 0.15) is 18.1 Å². The molecule has 100 valence electrons. The molecule has 1 aliphatic rings. The van der Waals surface area contributed by atoms with Gasteiger partial charge in [-0.05, 0) is 24.1 Å². The Labute approximate surface area is 117 Å². The van der Waals surface area contributed by atoms with Crippen LogP contribution in [0.15, 0.2) is 28.7 Å². The van der Waals surface area contributed by atoms with Crippen molar-refractivity contribution >= 4 is 15.9 Å². The molecule has 0 bridgehead atoms. The van der Waals surface area contributed by atoms with Crippen LogP contribution in [-0.2, 0) is 9.47 Å². The zero-order chi connectivity index (χ0) is 12.8. The molecule has 2 atom stereocenters. The molecule has 1 aromatic rings. The second-order valence-corrected chi connectivity index (χ2v) is 5.50. The van der Waals surface area contributed by atoms with Crippen LogP contribution in [0.5, 0.6) is 0 Å². The summed E-state index contributed by atoms with van der Waals surface area (Å²) in [6.45, 7) is 3.51. The Bertz CT molecular complexity index is 355. The summed E-state index contributed by atoms with van der Waals surface area (Å²) in [5.41, 5.74) is 1.27. The van der Waals surface area contributed by atoms with Crippen molar-refractivity contribution in [3.63, 3.8) is 0 Å². The quantitative estimate of drug-likeness (QED) is 0.819. The zero-order valence-corrected chi connectivity index (χ0v) is 12.3. The lowest BCUT2D eigenvalue weighted by Gasteiger charge is -2.19. The molecule has 1 N–H and O–H groups in total. The molecule has 0 amide bonds. The van der Waals surface area contributed by atoms with Crippen LogP contribution in [0.25, 0.3) is 0 Å². The molecule has 1 heterocycles. The predicted molar refractivity (Wildman–Crippen MR) is 75.7 cm³/mol. The van der Waals surface area contributed by atoms with Gasteiger partial charge in [0.15, 0.2) is 0 Å². The van der Waals surface area contributed by atoms with E-state index in [9.17, 15) is 0 Å². The Hall–Kier alpha value is -0.420. The second-order valence-electron chi connectivity index (χ2n) is 4.59. The van der Waals surface area contributed by atoms with Crippen LogP contribution in [-0.4, -0.2) is 33.4 Å². The van der Waals surface area contributed by atoms with Crippen molar-refractivity contribution in [2.45, 2.75) is 12.5 Å². The van der Waals surface area contributed by atoms with Crippen LogP contribution >= 0.6 is 15.9 Å². The average Bonchev–Trinajstić information content (AvgIpc) is 2.84. The van der Waals surface area contributed by atoms with E-state index in [1.807, 2.05) is 0 Å². The van der Waals surface area contributed by atoms with E-state index in [4.69, 9.17) is 9.47 Å². The molecule has 0 radical (unpaired) electrons. The molecule has 0 saturated carbocycles. The van der Waals surface area contributed by atoms with E-state index in [1.165, 1.54) is 5.56 Å². The van der Waals surface area contributed by atoms with Gasteiger partial charge in [0.25, 0.3) is 0 Å². The first kappa shape index (κ1) is 14.0. The van der Waals surface area contributed by atoms with Crippen LogP contribution < -0.4 is 5.32 Å². The fourth-order valence-electron chi connectivity index (χ4n) is 2.33. The summed E-state index contributed by atoms with van der Waals surface area (Å²) in [5, 5.41) is 3.43. The number of hydrogen-bond acceptors (Lipinski definition) is 3. The predicted octanol–water partition coefficient (Wildman–Crippen LogP) is 2.76. The lowest BCUT2D eigenvalue weighted by Crippen LogP contribution is -2.27. The van der Waals surface area contributed by atoms with Gasteiger partial charge in [-0.15, -0.1) is 0 Å². The van der Waals surface area contributed by atoms with E-state index in [0.29, 0.717) is 5.92 Å². The summed E-state index contributed by atoms with van der Waals surface area (Å²) >= 11 is 3.46. The molecule has 1 saturated heterocycles. The van der Waals surface area contributed by atoms with Gasteiger partial charge < -0.3 is 14.8 Å². The van der Waals surface area contributed by atoms with Gasteiger partial charge >= 0.3 is 0 Å². The Balaban J connectivity index is 1.88. The Morgan fingerprint density at radius 3 is 2.89 bits per heavy atom. The number of ether oxygens (including phenoxy) is 2. The summed E-state index contributed by atoms with van der Waals surface area (Å²) in [4.78, 5) is 0. The Kier molecular flexibility index (Phi) is 5.63. The van der Waals surface area contributed by atoms with Gasteiger partial charge in [-0.2, -0.15) is 0 Å². The fourth-order valence-corrected chi connectivity index (χ4v) is 2.59. The highest BCUT2D eigenvalue weighted by Crippen LogP contribution is 2.34. The van der Waals surface area contributed by atoms with E-state index in [-0.39, 0.29) is 6.10 Å². The Morgan fingerprint density at radius 1 is 1.39 bits per heavy atom. The first-order valence-corrected chi connectivity index (χ1v) is 7.17. The summed E-state index contributed by atoms with van der Waals surface area (Å²) in [7, 11) is 1.73. The highest BCUT2D eigenvalue weighted by atomic mass is 79.9. The molecule has 0 aliphatic carbocycles. The van der Waals surface area contributed by atoms with E-state index in [1.54, 1.807) is 7.11 Å². The van der Waals surface area contributed by atoms with Crippen molar-refractivity contribution in [2.24, 2.45) is 5.92 Å². The maximum Gasteiger partial charge on any atom is 0.0866 e. The van der Waals surface area contributed by atoms with Crippen LogP contribution in [0.3, 0.4) is 0 Å². The number of nitrogens with one attached hydrogen (secondary N) is 1. The number of benzene rings is 1. The van der Waals surface area contributed by atoms with Crippen molar-refractivity contribution in [1.29, 1.82) is 0 Å². The summed E-state index contributed by atoms with van der Waals surface area (Å²) in [6, 6.07) is 8.43. The fraction of sp³-hybridized carbons (Fsp3) is 0.571. The van der Waals surface area contributed by atoms with Crippen LogP contribution in [0.2, 0.25) is 0 Å². The van der Waals surface area contributed by atoms with Crippen LogP contribution in [0.4, 0.5) is 0 Å². The third-order valence-electron chi connectivity index (χ3n) is 3.30. The third-order valence-corrected chi connectivity index (χ3v) is 3.83. The van der Waals surface area contributed by atoms with E-state index < -0.39 is 0 Å². The lowest BCUT2D eigenvalue weighted by atomic mass is 9.95. The molecule has 3 nitrogen and oxygen atoms in total. The van der Waals surface area contributed by atoms with Gasteiger partial charge in [-0.3, -0.25) is 0 Å². The maximum atomic E-state index is 5.86. The molecule has 1 aliphatic heterocycles. The molecule has 0 spiro atoms. The maximum absolute atomic E-state index is 5.86.